The molecule has 0 aliphatic heterocycles. The molecule has 1 atom stereocenters. The van der Waals surface area contributed by atoms with E-state index in [0.717, 1.165) is 25.5 Å². The standard InChI is InChI=1S/C10H18N2O/c1-4-5-9(6-8(2)3)10(13)7-12-11/h7-9H,4-6H2,1-3H3/p+1/b10-7-. The van der Waals surface area contributed by atoms with Gasteiger partial charge in [-0.2, -0.15) is 0 Å². The third-order valence-electron chi connectivity index (χ3n) is 2.00. The molecule has 3 nitrogen and oxygen atoms in total. The maximum Gasteiger partial charge on any atom is 0.387 e. The first-order chi connectivity index (χ1) is 6.11. The molecule has 0 aromatic heterocycles. The van der Waals surface area contributed by atoms with Crippen molar-refractivity contribution in [2.24, 2.45) is 11.8 Å². The largest absolute Gasteiger partial charge is 0.505 e. The average Bonchev–Trinajstić information content (AvgIpc) is 2.03. The van der Waals surface area contributed by atoms with Crippen molar-refractivity contribution in [2.45, 2.75) is 40.0 Å². The zero-order chi connectivity index (χ0) is 10.3. The molecule has 0 rings (SSSR count). The Kier molecular flexibility index (Phi) is 5.96. The Balaban J connectivity index is 4.25. The summed E-state index contributed by atoms with van der Waals surface area (Å²) in [6.07, 6.45) is 4.03. The van der Waals surface area contributed by atoms with Gasteiger partial charge in [0.15, 0.2) is 10.7 Å². The Bertz CT molecular complexity index is 203. The highest BCUT2D eigenvalue weighted by atomic mass is 16.3. The zero-order valence-electron chi connectivity index (χ0n) is 8.70. The topological polar surface area (TPSA) is 48.4 Å². The molecule has 1 N–H and O–H groups in total. The minimum Gasteiger partial charge on any atom is -0.505 e. The van der Waals surface area contributed by atoms with Crippen LogP contribution in [0.3, 0.4) is 0 Å². The summed E-state index contributed by atoms with van der Waals surface area (Å²) in [5.74, 6) is 0.879. The predicted molar refractivity (Wildman–Crippen MR) is 53.6 cm³/mol. The molecule has 0 spiro atoms. The van der Waals surface area contributed by atoms with E-state index in [2.05, 4.69) is 25.7 Å². The summed E-state index contributed by atoms with van der Waals surface area (Å²) in [5, 5.41) is 17.8. The SMILES string of the molecule is CCCC(CC(C)C)/C(O)=C/[N+]#N. The number of hydrogen-bond donors (Lipinski definition) is 1. The number of aliphatic hydroxyl groups excluding tert-OH is 1. The Hall–Kier alpha value is -1.04. The van der Waals surface area contributed by atoms with Gasteiger partial charge in [0.05, 0.1) is 0 Å². The van der Waals surface area contributed by atoms with Crippen molar-refractivity contribution in [2.75, 3.05) is 0 Å². The van der Waals surface area contributed by atoms with Crippen LogP contribution in [0.25, 0.3) is 4.98 Å². The molecule has 0 aromatic rings. The first kappa shape index (κ1) is 12.0. The highest BCUT2D eigenvalue weighted by Crippen LogP contribution is 2.23. The molecular weight excluding hydrogens is 164 g/mol. The molecule has 74 valence electrons. The quantitative estimate of drug-likeness (QED) is 0.522. The summed E-state index contributed by atoms with van der Waals surface area (Å²) < 4.78 is 0. The lowest BCUT2D eigenvalue weighted by Gasteiger charge is -2.14. The van der Waals surface area contributed by atoms with Crippen LogP contribution in [0.15, 0.2) is 12.0 Å². The molecule has 0 amide bonds. The van der Waals surface area contributed by atoms with Crippen molar-refractivity contribution in [1.82, 2.24) is 0 Å². The van der Waals surface area contributed by atoms with Gasteiger partial charge in [-0.25, -0.2) is 0 Å². The van der Waals surface area contributed by atoms with Crippen molar-refractivity contribution in [3.63, 3.8) is 0 Å². The van der Waals surface area contributed by atoms with Crippen molar-refractivity contribution in [1.29, 1.82) is 5.39 Å². The number of rotatable bonds is 5. The van der Waals surface area contributed by atoms with Crippen molar-refractivity contribution < 1.29 is 5.11 Å². The van der Waals surface area contributed by atoms with Crippen LogP contribution in [0, 0.1) is 17.2 Å². The third-order valence-corrected chi connectivity index (χ3v) is 2.00. The van der Waals surface area contributed by atoms with Crippen LogP contribution in [0.5, 0.6) is 0 Å². The second-order valence-corrected chi connectivity index (χ2v) is 3.78. The van der Waals surface area contributed by atoms with E-state index in [9.17, 15) is 5.11 Å². The van der Waals surface area contributed by atoms with Crippen molar-refractivity contribution >= 4 is 0 Å². The summed E-state index contributed by atoms with van der Waals surface area (Å²) in [4.78, 5) is 2.83. The smallest absolute Gasteiger partial charge is 0.387 e. The highest BCUT2D eigenvalue weighted by Gasteiger charge is 2.17. The number of hydrogen-bond acceptors (Lipinski definition) is 2. The van der Waals surface area contributed by atoms with Crippen LogP contribution in [0.1, 0.15) is 40.0 Å². The molecule has 0 aromatic carbocycles. The van der Waals surface area contributed by atoms with Gasteiger partial charge in [0, 0.05) is 5.92 Å². The van der Waals surface area contributed by atoms with E-state index in [0.29, 0.717) is 5.92 Å². The highest BCUT2D eigenvalue weighted by molar-refractivity contribution is 5.00. The summed E-state index contributed by atoms with van der Waals surface area (Å²) in [6.45, 7) is 6.31. The number of allylic oxidation sites excluding steroid dienone is 1. The Morgan fingerprint density at radius 3 is 2.54 bits per heavy atom. The Morgan fingerprint density at radius 1 is 1.54 bits per heavy atom. The molecule has 0 saturated carbocycles. The van der Waals surface area contributed by atoms with E-state index < -0.39 is 0 Å². The maximum atomic E-state index is 9.50. The van der Waals surface area contributed by atoms with E-state index in [-0.39, 0.29) is 11.7 Å². The van der Waals surface area contributed by atoms with Gasteiger partial charge in [-0.05, 0) is 18.8 Å². The fourth-order valence-corrected chi connectivity index (χ4v) is 1.47. The van der Waals surface area contributed by atoms with Gasteiger partial charge < -0.3 is 5.11 Å². The molecule has 1 unspecified atom stereocenters. The van der Waals surface area contributed by atoms with Crippen LogP contribution in [0.2, 0.25) is 0 Å². The lowest BCUT2D eigenvalue weighted by molar-refractivity contribution is 0.286. The first-order valence-corrected chi connectivity index (χ1v) is 4.85. The molecule has 0 fully saturated rings. The fraction of sp³-hybridized carbons (Fsp3) is 0.800. The van der Waals surface area contributed by atoms with Crippen LogP contribution in [0.4, 0.5) is 0 Å². The van der Waals surface area contributed by atoms with Gasteiger partial charge >= 0.3 is 6.20 Å². The van der Waals surface area contributed by atoms with E-state index >= 15 is 0 Å². The van der Waals surface area contributed by atoms with E-state index in [1.54, 1.807) is 0 Å². The average molecular weight is 183 g/mol. The van der Waals surface area contributed by atoms with Gasteiger partial charge in [0.2, 0.25) is 5.39 Å². The maximum absolute atomic E-state index is 9.50. The normalized spacial score (nSPS) is 14.2. The van der Waals surface area contributed by atoms with Gasteiger partial charge in [-0.3, -0.25) is 0 Å². The first-order valence-electron chi connectivity index (χ1n) is 4.85. The second-order valence-electron chi connectivity index (χ2n) is 3.78. The monoisotopic (exact) mass is 183 g/mol. The lowest BCUT2D eigenvalue weighted by atomic mass is 9.92. The van der Waals surface area contributed by atoms with E-state index in [1.165, 1.54) is 0 Å². The van der Waals surface area contributed by atoms with Gasteiger partial charge in [0.1, 0.15) is 0 Å². The van der Waals surface area contributed by atoms with Crippen molar-refractivity contribution in [3.8, 4) is 0 Å². The molecule has 0 saturated heterocycles. The molecule has 13 heavy (non-hydrogen) atoms. The van der Waals surface area contributed by atoms with E-state index in [4.69, 9.17) is 5.39 Å². The fourth-order valence-electron chi connectivity index (χ4n) is 1.47. The van der Waals surface area contributed by atoms with Crippen molar-refractivity contribution in [3.05, 3.63) is 16.9 Å². The van der Waals surface area contributed by atoms with Crippen LogP contribution in [-0.2, 0) is 0 Å². The van der Waals surface area contributed by atoms with Gasteiger partial charge in [-0.1, -0.05) is 27.2 Å². The van der Waals surface area contributed by atoms with Gasteiger partial charge in [-0.15, -0.1) is 0 Å². The summed E-state index contributed by atoms with van der Waals surface area (Å²) in [6, 6.07) is 0. The Labute approximate surface area is 80.1 Å². The minimum absolute atomic E-state index is 0.140. The van der Waals surface area contributed by atoms with Gasteiger partial charge in [0.25, 0.3) is 0 Å². The molecule has 0 heterocycles. The summed E-state index contributed by atoms with van der Waals surface area (Å²) in [7, 11) is 0. The Morgan fingerprint density at radius 2 is 2.15 bits per heavy atom. The minimum atomic E-state index is 0.140. The number of nitrogens with zero attached hydrogens (tertiary/aromatic N) is 2. The molecule has 0 aliphatic carbocycles. The summed E-state index contributed by atoms with van der Waals surface area (Å²) in [5.41, 5.74) is 0. The summed E-state index contributed by atoms with van der Waals surface area (Å²) >= 11 is 0. The third kappa shape index (κ3) is 5.24. The molecular formula is C10H19N2O+. The number of aliphatic hydroxyl groups is 1. The molecule has 0 bridgehead atoms. The molecule has 0 radical (unpaired) electrons. The zero-order valence-corrected chi connectivity index (χ0v) is 8.70. The lowest BCUT2D eigenvalue weighted by Crippen LogP contribution is -2.07. The van der Waals surface area contributed by atoms with Crippen LogP contribution < -0.4 is 0 Å². The van der Waals surface area contributed by atoms with E-state index in [1.807, 2.05) is 0 Å². The molecule has 0 aliphatic rings. The second kappa shape index (κ2) is 6.47. The predicted octanol–water partition coefficient (Wildman–Crippen LogP) is 3.70. The number of diazo groups is 1. The molecule has 3 heteroatoms. The van der Waals surface area contributed by atoms with Crippen LogP contribution in [-0.4, -0.2) is 5.11 Å². The van der Waals surface area contributed by atoms with Crippen LogP contribution >= 0.6 is 0 Å².